The summed E-state index contributed by atoms with van der Waals surface area (Å²) >= 11 is 0. The third-order valence-electron chi connectivity index (χ3n) is 15.1. The number of ether oxygens (including phenoxy) is 1. The fourth-order valence-electron chi connectivity index (χ4n) is 10.2. The fourth-order valence-corrected chi connectivity index (χ4v) is 10.2. The van der Waals surface area contributed by atoms with Crippen LogP contribution in [-0.4, -0.2) is 205 Å². The number of rotatable bonds is 31. The number of fused-ring (bicyclic) bond motifs is 1. The van der Waals surface area contributed by atoms with Crippen LogP contribution in [0.25, 0.3) is 10.9 Å². The topological polar surface area (TPSA) is 533 Å². The molecule has 2 aromatic heterocycles. The molecule has 0 spiro atoms. The van der Waals surface area contributed by atoms with Crippen LogP contribution in [-0.2, 0) is 76.7 Å². The number of amides is 12. The Morgan fingerprint density at radius 2 is 1.30 bits per heavy atom. The number of hydrogen-bond donors (Lipinski definition) is 18. The number of aliphatic imine (C=N–C) groups is 1. The number of primary amides is 1. The third kappa shape index (κ3) is 25.2. The number of nitrogens with one attached hydrogen (secondary N) is 12. The summed E-state index contributed by atoms with van der Waals surface area (Å²) in [6.45, 7) is 7.28. The van der Waals surface area contributed by atoms with E-state index >= 15 is 0 Å². The average molecular weight is 1380 g/mol. The second kappa shape index (κ2) is 36.5. The average Bonchev–Trinajstić information content (AvgIpc) is 1.56. The molecule has 9 atom stereocenters. The number of halogens is 3. The van der Waals surface area contributed by atoms with Crippen molar-refractivity contribution in [1.29, 1.82) is 0 Å². The Hall–Kier alpha value is -10.6. The molecule has 2 fully saturated rings. The van der Waals surface area contributed by atoms with Crippen molar-refractivity contribution in [1.82, 2.24) is 73.2 Å². The van der Waals surface area contributed by atoms with Gasteiger partial charge in [-0.2, -0.15) is 13.2 Å². The van der Waals surface area contributed by atoms with E-state index in [0.29, 0.717) is 34.1 Å². The number of benzene rings is 2. The van der Waals surface area contributed by atoms with Crippen molar-refractivity contribution in [2.24, 2.45) is 28.1 Å². The van der Waals surface area contributed by atoms with Crippen LogP contribution in [0.3, 0.4) is 0 Å². The highest BCUT2D eigenvalue weighted by Crippen LogP contribution is 2.23. The maximum absolute atomic E-state index is 14.8. The SMILES string of the molecule is CC(C)C[C@H](NC(=O)[C@@H](COC(C)(C)C)NC(=O)[C@H](Cc1ccc(O)cc1)NC(=O)[C@H](CO)NC(=O)[C@H](Cc1c[nH]c2ccccc12)NC(=O)[C@@H](Cc1cnc[nH]1)NC(=O)[C@@H]1CCC(=O)N1)C(=O)N[C@@H](CCCN=C(N)N)C(=O)N1CCC[C@H]1C(=O)NNC(N)=O.O=C(O)C(F)(F)F. The molecule has 0 saturated carbocycles. The van der Waals surface area contributed by atoms with Crippen LogP contribution in [0, 0.1) is 5.92 Å². The fraction of sp³-hybridized carbons (Fsp3) is 0.508. The van der Waals surface area contributed by atoms with E-state index < -0.39 is 145 Å². The Balaban J connectivity index is 0.00000234. The molecule has 2 aliphatic rings. The van der Waals surface area contributed by atoms with E-state index in [1.807, 2.05) is 5.43 Å². The number of imidazole rings is 1. The highest BCUT2D eigenvalue weighted by Gasteiger charge is 2.41. The van der Waals surface area contributed by atoms with Crippen LogP contribution in [0.2, 0.25) is 0 Å². The molecular formula is C61H85F3N18O16. The van der Waals surface area contributed by atoms with Crippen molar-refractivity contribution < 1.29 is 90.8 Å². The second-order valence-corrected chi connectivity index (χ2v) is 24.5. The number of aromatic nitrogens is 3. The molecule has 2 aromatic carbocycles. The van der Waals surface area contributed by atoms with E-state index in [9.17, 15) is 76.1 Å². The lowest BCUT2D eigenvalue weighted by Crippen LogP contribution is -2.62. The molecule has 0 unspecified atom stereocenters. The summed E-state index contributed by atoms with van der Waals surface area (Å²) in [5.41, 5.74) is 21.6. The van der Waals surface area contributed by atoms with E-state index in [-0.39, 0.29) is 94.4 Å². The van der Waals surface area contributed by atoms with Crippen LogP contribution in [0.1, 0.15) is 96.4 Å². The number of hydrazine groups is 1. The van der Waals surface area contributed by atoms with Gasteiger partial charge in [-0.15, -0.1) is 0 Å². The zero-order valence-corrected chi connectivity index (χ0v) is 54.4. The van der Waals surface area contributed by atoms with Crippen LogP contribution in [0.15, 0.2) is 72.2 Å². The number of likely N-dealkylation sites (tertiary alicyclic amines) is 1. The minimum Gasteiger partial charge on any atom is -0.508 e. The van der Waals surface area contributed by atoms with E-state index in [1.165, 1.54) is 41.7 Å². The number of aliphatic hydroxyl groups excluding tert-OH is 1. The highest BCUT2D eigenvalue weighted by atomic mass is 19.4. The number of aliphatic hydroxyl groups is 1. The Morgan fingerprint density at radius 1 is 0.724 bits per heavy atom. The lowest BCUT2D eigenvalue weighted by atomic mass is 10.0. The first kappa shape index (κ1) is 78.1. The quantitative estimate of drug-likeness (QED) is 0.0107. The number of carboxylic acids is 1. The number of phenolic OH excluding ortho intramolecular Hbond substituents is 1. The van der Waals surface area contributed by atoms with Crippen molar-refractivity contribution >= 4 is 87.9 Å². The summed E-state index contributed by atoms with van der Waals surface area (Å²) in [5, 5.41) is 49.9. The Morgan fingerprint density at radius 3 is 1.87 bits per heavy atom. The molecule has 0 radical (unpaired) electrons. The smallest absolute Gasteiger partial charge is 0.490 e. The number of nitrogens with zero attached hydrogens (tertiary/aromatic N) is 3. The molecule has 536 valence electrons. The lowest BCUT2D eigenvalue weighted by Gasteiger charge is -2.31. The summed E-state index contributed by atoms with van der Waals surface area (Å²) in [6, 6.07) is -0.716. The number of aromatic amines is 2. The zero-order valence-electron chi connectivity index (χ0n) is 54.4. The molecule has 2 saturated heterocycles. The second-order valence-electron chi connectivity index (χ2n) is 24.5. The number of phenols is 1. The molecule has 37 heteroatoms. The molecule has 34 nitrogen and oxygen atoms in total. The number of guanidine groups is 1. The Kier molecular flexibility index (Phi) is 29.1. The Bertz CT molecular complexity index is 3470. The van der Waals surface area contributed by atoms with Gasteiger partial charge >= 0.3 is 18.2 Å². The molecular weight excluding hydrogens is 1300 g/mol. The Labute approximate surface area is 559 Å². The summed E-state index contributed by atoms with van der Waals surface area (Å²) in [5.74, 6) is -11.3. The van der Waals surface area contributed by atoms with Gasteiger partial charge < -0.3 is 94.7 Å². The molecule has 4 aromatic rings. The van der Waals surface area contributed by atoms with Gasteiger partial charge in [-0.1, -0.05) is 44.2 Å². The maximum atomic E-state index is 14.8. The molecule has 4 heterocycles. The van der Waals surface area contributed by atoms with Crippen molar-refractivity contribution in [3.63, 3.8) is 0 Å². The number of H-pyrrole nitrogens is 2. The van der Waals surface area contributed by atoms with Crippen LogP contribution in [0.4, 0.5) is 18.0 Å². The summed E-state index contributed by atoms with van der Waals surface area (Å²) < 4.78 is 37.8. The van der Waals surface area contributed by atoms with Crippen LogP contribution in [0.5, 0.6) is 5.75 Å². The summed E-state index contributed by atoms with van der Waals surface area (Å²) in [6.07, 6.45) is -0.175. The first-order valence-electron chi connectivity index (χ1n) is 31.1. The predicted molar refractivity (Wildman–Crippen MR) is 342 cm³/mol. The first-order chi connectivity index (χ1) is 46.1. The van der Waals surface area contributed by atoms with Crippen LogP contribution >= 0.6 is 0 Å². The van der Waals surface area contributed by atoms with Gasteiger partial charge in [-0.25, -0.2) is 20.0 Å². The van der Waals surface area contributed by atoms with Gasteiger partial charge in [-0.05, 0) is 94.5 Å². The number of aromatic hydroxyl groups is 1. The monoisotopic (exact) mass is 1380 g/mol. The molecule has 21 N–H and O–H groups in total. The van der Waals surface area contributed by atoms with Gasteiger partial charge in [0.15, 0.2) is 5.96 Å². The summed E-state index contributed by atoms with van der Waals surface area (Å²) in [4.78, 5) is 176. The number of aliphatic carboxylic acids is 1. The van der Waals surface area contributed by atoms with E-state index in [4.69, 9.17) is 31.8 Å². The third-order valence-corrected chi connectivity index (χ3v) is 15.1. The van der Waals surface area contributed by atoms with E-state index in [2.05, 4.69) is 67.9 Å². The molecule has 6 rings (SSSR count). The summed E-state index contributed by atoms with van der Waals surface area (Å²) in [7, 11) is 0. The largest absolute Gasteiger partial charge is 0.508 e. The standard InChI is InChI=1S/C59H84N18O14.C2HF3O2/c1-31(2)22-40(49(82)68-39(12-8-20-64-57(60)61)56(89)77-21-9-13-46(77)55(88)75-76-58(62)90)69-54(87)45(29-91-59(3,4)5)74-50(83)41(23-32-14-16-35(79)17-15-32)70-53(86)44(28-78)73-51(84)42(24-33-26-65-37-11-7-6-10-36(33)37)71-52(85)43(25-34-27-63-30-66-34)72-48(81)38-18-19-47(80)67-38;3-2(4,5)1(6)7/h6-7,10-11,14-17,26-27,30-31,38-46,65,78-79H,8-9,12-13,18-25,28-29H2,1-5H3,(H,63,66)(H,67,80)(H,68,82)(H,69,87)(H,70,86)(H,71,85)(H,72,81)(H,73,84)(H,74,83)(H,75,88)(H4,60,61,64)(H3,62,76,90);(H,6,7)/t38-,39-,40-,41-,42-,43+,44-,45+,46-;/m0./s1. The maximum Gasteiger partial charge on any atom is 0.490 e. The lowest BCUT2D eigenvalue weighted by molar-refractivity contribution is -0.192. The van der Waals surface area contributed by atoms with Gasteiger partial charge in [0.05, 0.1) is 25.1 Å². The number of hydrogen-bond acceptors (Lipinski definition) is 17. The number of para-hydroxylation sites is 1. The van der Waals surface area contributed by atoms with Gasteiger partial charge in [0, 0.05) is 67.8 Å². The number of nitrogens with two attached hydrogens (primary N) is 3. The van der Waals surface area contributed by atoms with Crippen molar-refractivity contribution in [3.05, 3.63) is 84.1 Å². The molecule has 0 aliphatic carbocycles. The minimum atomic E-state index is -5.08. The normalized spacial score (nSPS) is 16.6. The van der Waals surface area contributed by atoms with Crippen molar-refractivity contribution in [2.45, 2.75) is 165 Å². The van der Waals surface area contributed by atoms with Crippen molar-refractivity contribution in [3.8, 4) is 5.75 Å². The number of carbonyl (C=O) groups excluding carboxylic acids is 11. The van der Waals surface area contributed by atoms with Gasteiger partial charge in [-0.3, -0.25) is 58.4 Å². The van der Waals surface area contributed by atoms with Gasteiger partial charge in [0.25, 0.3) is 5.91 Å². The van der Waals surface area contributed by atoms with Gasteiger partial charge in [0.2, 0.25) is 53.2 Å². The van der Waals surface area contributed by atoms with Gasteiger partial charge in [0.1, 0.15) is 60.1 Å². The number of alkyl halides is 3. The number of carboxylic acid groups (broad SMARTS) is 1. The number of carbonyl (C=O) groups is 12. The molecule has 2 aliphatic heterocycles. The van der Waals surface area contributed by atoms with Crippen LogP contribution < -0.4 is 70.6 Å². The van der Waals surface area contributed by atoms with E-state index in [0.717, 1.165) is 0 Å². The predicted octanol–water partition coefficient (Wildman–Crippen LogP) is -2.47. The van der Waals surface area contributed by atoms with Crippen molar-refractivity contribution in [2.75, 3.05) is 26.3 Å². The molecule has 0 bridgehead atoms. The first-order valence-corrected chi connectivity index (χ1v) is 31.1. The molecule has 98 heavy (non-hydrogen) atoms. The number of urea groups is 1. The molecule has 12 amide bonds. The highest BCUT2D eigenvalue weighted by molar-refractivity contribution is 5.99. The zero-order chi connectivity index (χ0) is 72.6. The van der Waals surface area contributed by atoms with E-state index in [1.54, 1.807) is 65.1 Å². The minimum absolute atomic E-state index is 0.00453.